The molecule has 4 heteroatoms. The maximum absolute atomic E-state index is 12.0. The minimum atomic E-state index is -0.0349. The lowest BCUT2D eigenvalue weighted by atomic mass is 10.0. The fraction of sp³-hybridized carbons (Fsp3) is 0.923. The topological polar surface area (TPSA) is 44.4 Å². The van der Waals surface area contributed by atoms with Crippen LogP contribution in [0.4, 0.5) is 0 Å². The first-order valence-electron chi connectivity index (χ1n) is 6.83. The van der Waals surface area contributed by atoms with Gasteiger partial charge < -0.3 is 10.6 Å². The highest BCUT2D eigenvalue weighted by atomic mass is 16.2. The van der Waals surface area contributed by atoms with Gasteiger partial charge in [0.2, 0.25) is 5.91 Å². The van der Waals surface area contributed by atoms with Crippen LogP contribution in [0.1, 0.15) is 40.5 Å². The van der Waals surface area contributed by atoms with Crippen LogP contribution in [0.25, 0.3) is 0 Å². The highest BCUT2D eigenvalue weighted by Crippen LogP contribution is 2.13. The van der Waals surface area contributed by atoms with Crippen LogP contribution >= 0.6 is 0 Å². The number of likely N-dealkylation sites (N-methyl/N-ethyl adjacent to an activating group) is 1. The second kappa shape index (κ2) is 6.97. The van der Waals surface area contributed by atoms with Gasteiger partial charge >= 0.3 is 0 Å². The summed E-state index contributed by atoms with van der Waals surface area (Å²) < 4.78 is 0. The summed E-state index contributed by atoms with van der Waals surface area (Å²) in [5.74, 6) is 0.146. The Bertz CT molecular complexity index is 237. The lowest BCUT2D eigenvalue weighted by Crippen LogP contribution is -2.54. The Morgan fingerprint density at radius 3 is 2.65 bits per heavy atom. The van der Waals surface area contributed by atoms with Crippen LogP contribution in [-0.4, -0.2) is 48.6 Å². The van der Waals surface area contributed by atoms with Crippen molar-refractivity contribution in [1.82, 2.24) is 15.5 Å². The number of nitrogens with one attached hydrogen (secondary N) is 2. The monoisotopic (exact) mass is 241 g/mol. The smallest absolute Gasteiger partial charge is 0.237 e. The van der Waals surface area contributed by atoms with Gasteiger partial charge in [0.15, 0.2) is 0 Å². The minimum absolute atomic E-state index is 0.0349. The van der Waals surface area contributed by atoms with Crippen LogP contribution in [0.15, 0.2) is 0 Å². The summed E-state index contributed by atoms with van der Waals surface area (Å²) in [6, 6.07) is 0.682. The SMILES string of the molecule is CCN(C1CCCNC1)C(C)C(=O)NC(C)C. The van der Waals surface area contributed by atoms with Crippen molar-refractivity contribution in [3.8, 4) is 0 Å². The molecule has 0 aromatic rings. The molecule has 2 atom stereocenters. The molecule has 1 aliphatic rings. The lowest BCUT2D eigenvalue weighted by molar-refractivity contribution is -0.127. The van der Waals surface area contributed by atoms with Crippen molar-refractivity contribution in [3.05, 3.63) is 0 Å². The predicted molar refractivity (Wildman–Crippen MR) is 71.0 cm³/mol. The van der Waals surface area contributed by atoms with E-state index in [0.29, 0.717) is 6.04 Å². The summed E-state index contributed by atoms with van der Waals surface area (Å²) in [6.45, 7) is 11.2. The van der Waals surface area contributed by atoms with E-state index in [4.69, 9.17) is 0 Å². The number of carbonyl (C=O) groups is 1. The van der Waals surface area contributed by atoms with Crippen LogP contribution in [0.3, 0.4) is 0 Å². The summed E-state index contributed by atoms with van der Waals surface area (Å²) in [6.07, 6.45) is 2.40. The Labute approximate surface area is 105 Å². The first kappa shape index (κ1) is 14.5. The molecule has 0 radical (unpaired) electrons. The Balaban J connectivity index is 2.55. The molecule has 0 saturated carbocycles. The molecule has 1 amide bonds. The summed E-state index contributed by atoms with van der Waals surface area (Å²) >= 11 is 0. The molecule has 100 valence electrons. The molecule has 4 nitrogen and oxygen atoms in total. The molecule has 1 rings (SSSR count). The van der Waals surface area contributed by atoms with Crippen molar-refractivity contribution < 1.29 is 4.79 Å². The van der Waals surface area contributed by atoms with Crippen LogP contribution in [-0.2, 0) is 4.79 Å². The van der Waals surface area contributed by atoms with Gasteiger partial charge in [-0.25, -0.2) is 0 Å². The van der Waals surface area contributed by atoms with E-state index in [2.05, 4.69) is 22.5 Å². The quantitative estimate of drug-likeness (QED) is 0.754. The largest absolute Gasteiger partial charge is 0.353 e. The van der Waals surface area contributed by atoms with Crippen LogP contribution in [0.5, 0.6) is 0 Å². The molecule has 1 heterocycles. The third-order valence-electron chi connectivity index (χ3n) is 3.41. The van der Waals surface area contributed by atoms with E-state index in [-0.39, 0.29) is 18.0 Å². The molecule has 0 aromatic carbocycles. The van der Waals surface area contributed by atoms with Crippen molar-refractivity contribution in [3.63, 3.8) is 0 Å². The molecular weight excluding hydrogens is 214 g/mol. The van der Waals surface area contributed by atoms with E-state index in [0.717, 1.165) is 19.6 Å². The zero-order valence-corrected chi connectivity index (χ0v) is 11.6. The molecule has 2 unspecified atom stereocenters. The number of hydrogen-bond acceptors (Lipinski definition) is 3. The van der Waals surface area contributed by atoms with E-state index in [9.17, 15) is 4.79 Å². The second-order valence-electron chi connectivity index (χ2n) is 5.17. The first-order valence-corrected chi connectivity index (χ1v) is 6.83. The van der Waals surface area contributed by atoms with E-state index in [1.165, 1.54) is 12.8 Å². The molecule has 0 spiro atoms. The summed E-state index contributed by atoms with van der Waals surface area (Å²) in [5, 5.41) is 6.41. The fourth-order valence-corrected chi connectivity index (χ4v) is 2.52. The van der Waals surface area contributed by atoms with E-state index in [1.807, 2.05) is 20.8 Å². The third-order valence-corrected chi connectivity index (χ3v) is 3.41. The second-order valence-corrected chi connectivity index (χ2v) is 5.17. The van der Waals surface area contributed by atoms with Crippen LogP contribution in [0, 0.1) is 0 Å². The Morgan fingerprint density at radius 2 is 2.18 bits per heavy atom. The number of rotatable bonds is 5. The van der Waals surface area contributed by atoms with Gasteiger partial charge in [0.1, 0.15) is 0 Å². The zero-order chi connectivity index (χ0) is 12.8. The average molecular weight is 241 g/mol. The van der Waals surface area contributed by atoms with Gasteiger partial charge in [0, 0.05) is 18.6 Å². The molecule has 0 bridgehead atoms. The fourth-order valence-electron chi connectivity index (χ4n) is 2.52. The Kier molecular flexibility index (Phi) is 5.92. The highest BCUT2D eigenvalue weighted by molar-refractivity contribution is 5.81. The Hall–Kier alpha value is -0.610. The lowest BCUT2D eigenvalue weighted by Gasteiger charge is -2.37. The minimum Gasteiger partial charge on any atom is -0.353 e. The van der Waals surface area contributed by atoms with Gasteiger partial charge in [-0.3, -0.25) is 9.69 Å². The van der Waals surface area contributed by atoms with Gasteiger partial charge in [-0.05, 0) is 46.7 Å². The van der Waals surface area contributed by atoms with Gasteiger partial charge in [0.25, 0.3) is 0 Å². The van der Waals surface area contributed by atoms with Crippen LogP contribution in [0.2, 0.25) is 0 Å². The molecule has 1 saturated heterocycles. The van der Waals surface area contributed by atoms with Crippen molar-refractivity contribution in [2.24, 2.45) is 0 Å². The third kappa shape index (κ3) is 4.28. The number of piperidine rings is 1. The standard InChI is InChI=1S/C13H27N3O/c1-5-16(12-7-6-8-14-9-12)11(4)13(17)15-10(2)3/h10-12,14H,5-9H2,1-4H3,(H,15,17). The van der Waals surface area contributed by atoms with E-state index < -0.39 is 0 Å². The number of amides is 1. The van der Waals surface area contributed by atoms with E-state index >= 15 is 0 Å². The van der Waals surface area contributed by atoms with Crippen molar-refractivity contribution >= 4 is 5.91 Å². The van der Waals surface area contributed by atoms with Gasteiger partial charge in [-0.2, -0.15) is 0 Å². The van der Waals surface area contributed by atoms with Crippen molar-refractivity contribution in [2.45, 2.75) is 58.7 Å². The summed E-state index contributed by atoms with van der Waals surface area (Å²) in [7, 11) is 0. The normalized spacial score (nSPS) is 22.8. The number of nitrogens with zero attached hydrogens (tertiary/aromatic N) is 1. The summed E-state index contributed by atoms with van der Waals surface area (Å²) in [5.41, 5.74) is 0. The average Bonchev–Trinajstić information content (AvgIpc) is 2.30. The zero-order valence-electron chi connectivity index (χ0n) is 11.6. The maximum atomic E-state index is 12.0. The summed E-state index contributed by atoms with van der Waals surface area (Å²) in [4.78, 5) is 14.3. The number of carbonyl (C=O) groups excluding carboxylic acids is 1. The van der Waals surface area contributed by atoms with Gasteiger partial charge in [0.05, 0.1) is 6.04 Å². The molecule has 0 aromatic heterocycles. The molecule has 2 N–H and O–H groups in total. The molecule has 1 fully saturated rings. The van der Waals surface area contributed by atoms with Crippen molar-refractivity contribution in [2.75, 3.05) is 19.6 Å². The van der Waals surface area contributed by atoms with Crippen LogP contribution < -0.4 is 10.6 Å². The maximum Gasteiger partial charge on any atom is 0.237 e. The molecule has 17 heavy (non-hydrogen) atoms. The Morgan fingerprint density at radius 1 is 1.47 bits per heavy atom. The first-order chi connectivity index (χ1) is 8.06. The molecule has 0 aliphatic carbocycles. The van der Waals surface area contributed by atoms with Gasteiger partial charge in [-0.15, -0.1) is 0 Å². The van der Waals surface area contributed by atoms with E-state index in [1.54, 1.807) is 0 Å². The highest BCUT2D eigenvalue weighted by Gasteiger charge is 2.27. The van der Waals surface area contributed by atoms with Gasteiger partial charge in [-0.1, -0.05) is 6.92 Å². The molecule has 1 aliphatic heterocycles. The molecular formula is C13H27N3O. The predicted octanol–water partition coefficient (Wildman–Crippen LogP) is 0.973. The number of hydrogen-bond donors (Lipinski definition) is 2. The van der Waals surface area contributed by atoms with Crippen molar-refractivity contribution in [1.29, 1.82) is 0 Å².